The highest BCUT2D eigenvalue weighted by Gasteiger charge is 2.06. The Morgan fingerprint density at radius 2 is 1.95 bits per heavy atom. The first-order chi connectivity index (χ1) is 10.7. The van der Waals surface area contributed by atoms with E-state index in [0.29, 0.717) is 23.7 Å². The second kappa shape index (κ2) is 8.51. The minimum absolute atomic E-state index is 0.138. The first-order valence-electron chi connectivity index (χ1n) is 7.07. The standard InChI is InChI=1S/C16H18BrN3O2/c1-2-18-9-10-19-16(21)12-3-8-15(20-11-12)22-14-6-4-13(17)5-7-14/h3-8,11,18H,2,9-10H2,1H3,(H,19,21). The van der Waals surface area contributed by atoms with Crippen LogP contribution in [-0.2, 0) is 0 Å². The number of benzene rings is 1. The smallest absolute Gasteiger partial charge is 0.252 e. The van der Waals surface area contributed by atoms with E-state index in [-0.39, 0.29) is 5.91 Å². The van der Waals surface area contributed by atoms with Gasteiger partial charge in [0, 0.05) is 29.8 Å². The number of carbonyl (C=O) groups excluding carboxylic acids is 1. The van der Waals surface area contributed by atoms with Gasteiger partial charge in [0.2, 0.25) is 5.88 Å². The van der Waals surface area contributed by atoms with Gasteiger partial charge in [0.25, 0.3) is 5.91 Å². The summed E-state index contributed by atoms with van der Waals surface area (Å²) in [6.07, 6.45) is 1.51. The predicted octanol–water partition coefficient (Wildman–Crippen LogP) is 2.98. The molecule has 22 heavy (non-hydrogen) atoms. The van der Waals surface area contributed by atoms with E-state index in [0.717, 1.165) is 17.6 Å². The Balaban J connectivity index is 1.89. The zero-order valence-electron chi connectivity index (χ0n) is 12.3. The van der Waals surface area contributed by atoms with Gasteiger partial charge in [-0.3, -0.25) is 4.79 Å². The number of halogens is 1. The van der Waals surface area contributed by atoms with Gasteiger partial charge in [0.1, 0.15) is 5.75 Å². The molecule has 0 saturated heterocycles. The first-order valence-corrected chi connectivity index (χ1v) is 7.86. The van der Waals surface area contributed by atoms with Crippen LogP contribution in [0.25, 0.3) is 0 Å². The highest BCUT2D eigenvalue weighted by molar-refractivity contribution is 9.10. The average Bonchev–Trinajstić information content (AvgIpc) is 2.54. The van der Waals surface area contributed by atoms with Crippen LogP contribution in [0.5, 0.6) is 11.6 Å². The zero-order chi connectivity index (χ0) is 15.8. The molecule has 0 fully saturated rings. The fourth-order valence-corrected chi connectivity index (χ4v) is 2.01. The molecule has 0 spiro atoms. The van der Waals surface area contributed by atoms with Gasteiger partial charge < -0.3 is 15.4 Å². The van der Waals surface area contributed by atoms with Gasteiger partial charge >= 0.3 is 0 Å². The van der Waals surface area contributed by atoms with Gasteiger partial charge in [0.15, 0.2) is 0 Å². The van der Waals surface area contributed by atoms with Crippen molar-refractivity contribution in [2.75, 3.05) is 19.6 Å². The summed E-state index contributed by atoms with van der Waals surface area (Å²) < 4.78 is 6.59. The molecular formula is C16H18BrN3O2. The number of pyridine rings is 1. The maximum atomic E-state index is 11.9. The highest BCUT2D eigenvalue weighted by Crippen LogP contribution is 2.21. The monoisotopic (exact) mass is 363 g/mol. The van der Waals surface area contributed by atoms with E-state index in [1.54, 1.807) is 12.1 Å². The summed E-state index contributed by atoms with van der Waals surface area (Å²) in [6, 6.07) is 10.8. The Morgan fingerprint density at radius 1 is 1.18 bits per heavy atom. The molecule has 6 heteroatoms. The zero-order valence-corrected chi connectivity index (χ0v) is 13.9. The summed E-state index contributed by atoms with van der Waals surface area (Å²) in [5.41, 5.74) is 0.514. The third-order valence-electron chi connectivity index (χ3n) is 2.87. The van der Waals surface area contributed by atoms with Crippen molar-refractivity contribution in [2.45, 2.75) is 6.92 Å². The number of hydrogen-bond acceptors (Lipinski definition) is 4. The van der Waals surface area contributed by atoms with Crippen LogP contribution in [0.15, 0.2) is 47.1 Å². The van der Waals surface area contributed by atoms with Crippen molar-refractivity contribution in [1.29, 1.82) is 0 Å². The molecule has 0 unspecified atom stereocenters. The van der Waals surface area contributed by atoms with E-state index >= 15 is 0 Å². The molecule has 0 aliphatic carbocycles. The molecule has 5 nitrogen and oxygen atoms in total. The molecule has 0 aliphatic heterocycles. The fraction of sp³-hybridized carbons (Fsp3) is 0.250. The fourth-order valence-electron chi connectivity index (χ4n) is 1.74. The molecule has 0 bridgehead atoms. The molecule has 0 saturated carbocycles. The molecule has 1 heterocycles. The van der Waals surface area contributed by atoms with Crippen LogP contribution < -0.4 is 15.4 Å². The molecule has 0 aliphatic rings. The number of nitrogens with zero attached hydrogens (tertiary/aromatic N) is 1. The second-order valence-corrected chi connectivity index (χ2v) is 5.47. The van der Waals surface area contributed by atoms with E-state index in [4.69, 9.17) is 4.74 Å². The van der Waals surface area contributed by atoms with Crippen molar-refractivity contribution in [3.8, 4) is 11.6 Å². The summed E-state index contributed by atoms with van der Waals surface area (Å²) in [5.74, 6) is 1.01. The Bertz CT molecular complexity index is 600. The highest BCUT2D eigenvalue weighted by atomic mass is 79.9. The summed E-state index contributed by atoms with van der Waals surface area (Å²) in [7, 11) is 0. The van der Waals surface area contributed by atoms with Crippen molar-refractivity contribution in [3.05, 3.63) is 52.6 Å². The van der Waals surface area contributed by atoms with Gasteiger partial charge in [0.05, 0.1) is 5.56 Å². The van der Waals surface area contributed by atoms with Crippen molar-refractivity contribution in [3.63, 3.8) is 0 Å². The van der Waals surface area contributed by atoms with Crippen LogP contribution in [0.1, 0.15) is 17.3 Å². The number of hydrogen-bond donors (Lipinski definition) is 2. The minimum Gasteiger partial charge on any atom is -0.439 e. The minimum atomic E-state index is -0.138. The summed E-state index contributed by atoms with van der Waals surface area (Å²) in [6.45, 7) is 4.25. The third-order valence-corrected chi connectivity index (χ3v) is 3.40. The molecular weight excluding hydrogens is 346 g/mol. The normalized spacial score (nSPS) is 10.3. The summed E-state index contributed by atoms with van der Waals surface area (Å²) in [5, 5.41) is 5.96. The largest absolute Gasteiger partial charge is 0.439 e. The lowest BCUT2D eigenvalue weighted by atomic mass is 10.2. The lowest BCUT2D eigenvalue weighted by molar-refractivity contribution is 0.0953. The molecule has 1 amide bonds. The van der Waals surface area contributed by atoms with Gasteiger partial charge in [-0.25, -0.2) is 4.98 Å². The lowest BCUT2D eigenvalue weighted by Crippen LogP contribution is -2.31. The quantitative estimate of drug-likeness (QED) is 0.742. The van der Waals surface area contributed by atoms with Crippen LogP contribution in [0, 0.1) is 0 Å². The van der Waals surface area contributed by atoms with E-state index in [1.165, 1.54) is 6.20 Å². The Kier molecular flexibility index (Phi) is 6.36. The van der Waals surface area contributed by atoms with Gasteiger partial charge in [-0.05, 0) is 36.9 Å². The Hall–Kier alpha value is -1.92. The maximum Gasteiger partial charge on any atom is 0.252 e. The van der Waals surface area contributed by atoms with Gasteiger partial charge in [-0.1, -0.05) is 22.9 Å². The molecule has 2 aromatic rings. The topological polar surface area (TPSA) is 63.2 Å². The van der Waals surface area contributed by atoms with E-state index in [9.17, 15) is 4.79 Å². The van der Waals surface area contributed by atoms with Crippen LogP contribution in [0.2, 0.25) is 0 Å². The van der Waals surface area contributed by atoms with Crippen molar-refractivity contribution in [1.82, 2.24) is 15.6 Å². The molecule has 116 valence electrons. The third kappa shape index (κ3) is 5.13. The van der Waals surface area contributed by atoms with E-state index in [1.807, 2.05) is 31.2 Å². The SMILES string of the molecule is CCNCCNC(=O)c1ccc(Oc2ccc(Br)cc2)nc1. The molecule has 2 N–H and O–H groups in total. The first kappa shape index (κ1) is 16.5. The number of carbonyl (C=O) groups is 1. The average molecular weight is 364 g/mol. The van der Waals surface area contributed by atoms with Gasteiger partial charge in [-0.15, -0.1) is 0 Å². The number of ether oxygens (including phenoxy) is 1. The predicted molar refractivity (Wildman–Crippen MR) is 89.3 cm³/mol. The van der Waals surface area contributed by atoms with Crippen LogP contribution in [-0.4, -0.2) is 30.5 Å². The van der Waals surface area contributed by atoms with E-state index in [2.05, 4.69) is 31.5 Å². The van der Waals surface area contributed by atoms with Crippen LogP contribution in [0.4, 0.5) is 0 Å². The molecule has 0 radical (unpaired) electrons. The number of aromatic nitrogens is 1. The number of rotatable bonds is 7. The maximum absolute atomic E-state index is 11.9. The van der Waals surface area contributed by atoms with Crippen molar-refractivity contribution in [2.24, 2.45) is 0 Å². The van der Waals surface area contributed by atoms with E-state index < -0.39 is 0 Å². The molecule has 1 aromatic heterocycles. The van der Waals surface area contributed by atoms with Crippen molar-refractivity contribution >= 4 is 21.8 Å². The Morgan fingerprint density at radius 3 is 2.59 bits per heavy atom. The molecule has 0 atom stereocenters. The lowest BCUT2D eigenvalue weighted by Gasteiger charge is -2.07. The van der Waals surface area contributed by atoms with Crippen molar-refractivity contribution < 1.29 is 9.53 Å². The second-order valence-electron chi connectivity index (χ2n) is 4.55. The number of likely N-dealkylation sites (N-methyl/N-ethyl adjacent to an activating group) is 1. The molecule has 2 rings (SSSR count). The van der Waals surface area contributed by atoms with Crippen LogP contribution in [0.3, 0.4) is 0 Å². The molecule has 1 aromatic carbocycles. The summed E-state index contributed by atoms with van der Waals surface area (Å²) in [4.78, 5) is 16.0. The van der Waals surface area contributed by atoms with Crippen LogP contribution >= 0.6 is 15.9 Å². The summed E-state index contributed by atoms with van der Waals surface area (Å²) >= 11 is 3.37. The van der Waals surface area contributed by atoms with Gasteiger partial charge in [-0.2, -0.15) is 0 Å². The number of nitrogens with one attached hydrogen (secondary N) is 2. The number of amides is 1. The Labute approximate surface area is 138 Å².